The van der Waals surface area contributed by atoms with Crippen LogP contribution in [0.15, 0.2) is 53.1 Å². The minimum Gasteiger partial charge on any atom is -0.372 e. The summed E-state index contributed by atoms with van der Waals surface area (Å²) >= 11 is 0. The molecular weight excluding hydrogens is 538 g/mol. The average Bonchev–Trinajstić information content (AvgIpc) is 3.31. The van der Waals surface area contributed by atoms with Gasteiger partial charge in [-0.25, -0.2) is 0 Å². The van der Waals surface area contributed by atoms with Crippen molar-refractivity contribution in [3.63, 3.8) is 0 Å². The van der Waals surface area contributed by atoms with E-state index >= 15 is 0 Å². The highest BCUT2D eigenvalue weighted by Crippen LogP contribution is 2.38. The zero-order valence-corrected chi connectivity index (χ0v) is 21.4. The fourth-order valence-corrected chi connectivity index (χ4v) is 4.43. The van der Waals surface area contributed by atoms with E-state index in [9.17, 15) is 26.3 Å². The maximum atomic E-state index is 13.3. The Morgan fingerprint density at radius 2 is 1.63 bits per heavy atom. The van der Waals surface area contributed by atoms with Crippen LogP contribution >= 0.6 is 12.4 Å². The van der Waals surface area contributed by atoms with Crippen molar-refractivity contribution >= 4 is 18.4 Å². The lowest BCUT2D eigenvalue weighted by Crippen LogP contribution is -2.42. The molecule has 2 aromatic carbocycles. The number of nitrogens with zero attached hydrogens (tertiary/aromatic N) is 4. The lowest BCUT2D eigenvalue weighted by Gasteiger charge is -2.40. The lowest BCUT2D eigenvalue weighted by molar-refractivity contribution is -0.143. The Kier molecular flexibility index (Phi) is 9.32. The summed E-state index contributed by atoms with van der Waals surface area (Å²) in [7, 11) is 3.56. The summed E-state index contributed by atoms with van der Waals surface area (Å²) < 4.78 is 91.1. The molecule has 6 nitrogen and oxygen atoms in total. The normalized spacial score (nSPS) is 18.7. The van der Waals surface area contributed by atoms with Crippen LogP contribution in [0.5, 0.6) is 0 Å². The van der Waals surface area contributed by atoms with Gasteiger partial charge in [-0.2, -0.15) is 31.3 Å². The number of ether oxygens (including phenoxy) is 1. The first kappa shape index (κ1) is 29.7. The Labute approximate surface area is 222 Å². The van der Waals surface area contributed by atoms with E-state index < -0.39 is 36.2 Å². The summed E-state index contributed by atoms with van der Waals surface area (Å²) in [6, 6.07) is 10.6. The molecule has 1 aliphatic rings. The van der Waals surface area contributed by atoms with Gasteiger partial charge in [-0.3, -0.25) is 4.90 Å². The number of hydrogen-bond donors (Lipinski definition) is 0. The maximum Gasteiger partial charge on any atom is 0.416 e. The minimum atomic E-state index is -4.92. The van der Waals surface area contributed by atoms with Gasteiger partial charge >= 0.3 is 12.4 Å². The molecule has 0 unspecified atom stereocenters. The van der Waals surface area contributed by atoms with Crippen LogP contribution in [0.4, 0.5) is 32.3 Å². The topological polar surface area (TPSA) is 54.6 Å². The highest BCUT2D eigenvalue weighted by atomic mass is 35.5. The molecule has 4 rings (SSSR count). The highest BCUT2D eigenvalue weighted by molar-refractivity contribution is 5.85. The Hall–Kier alpha value is -2.83. The molecule has 2 heterocycles. The van der Waals surface area contributed by atoms with Crippen molar-refractivity contribution in [3.05, 3.63) is 76.7 Å². The van der Waals surface area contributed by atoms with E-state index in [0.29, 0.717) is 49.9 Å². The second-order valence-corrected chi connectivity index (χ2v) is 9.11. The number of benzene rings is 2. The van der Waals surface area contributed by atoms with Crippen molar-refractivity contribution in [2.24, 2.45) is 0 Å². The van der Waals surface area contributed by atoms with Crippen molar-refractivity contribution in [3.8, 4) is 0 Å². The molecule has 1 aromatic heterocycles. The second kappa shape index (κ2) is 11.9. The predicted octanol–water partition coefficient (Wildman–Crippen LogP) is 6.52. The first-order valence-electron chi connectivity index (χ1n) is 11.6. The second-order valence-electron chi connectivity index (χ2n) is 9.11. The van der Waals surface area contributed by atoms with E-state index in [1.165, 1.54) is 0 Å². The Bertz CT molecular complexity index is 1150. The van der Waals surface area contributed by atoms with Crippen molar-refractivity contribution in [2.45, 2.75) is 50.5 Å². The van der Waals surface area contributed by atoms with Gasteiger partial charge in [-0.15, -0.1) is 12.4 Å². The fraction of sp³-hybridized carbons (Fsp3) is 0.440. The van der Waals surface area contributed by atoms with Crippen molar-refractivity contribution in [1.29, 1.82) is 0 Å². The van der Waals surface area contributed by atoms with E-state index in [1.807, 2.05) is 30.3 Å². The van der Waals surface area contributed by atoms with Gasteiger partial charge in [0.1, 0.15) is 0 Å². The molecule has 0 spiro atoms. The van der Waals surface area contributed by atoms with Crippen LogP contribution in [-0.4, -0.2) is 41.8 Å². The van der Waals surface area contributed by atoms with Gasteiger partial charge in [0, 0.05) is 14.1 Å². The molecule has 2 atom stereocenters. The molecule has 1 saturated heterocycles. The van der Waals surface area contributed by atoms with Crippen LogP contribution in [0.2, 0.25) is 0 Å². The summed E-state index contributed by atoms with van der Waals surface area (Å²) in [6.45, 7) is 0.573. The van der Waals surface area contributed by atoms with E-state index in [-0.39, 0.29) is 30.1 Å². The van der Waals surface area contributed by atoms with Crippen LogP contribution in [0.25, 0.3) is 0 Å². The zero-order valence-electron chi connectivity index (χ0n) is 20.6. The molecule has 38 heavy (non-hydrogen) atoms. The molecule has 3 aromatic rings. The van der Waals surface area contributed by atoms with Gasteiger partial charge in [-0.1, -0.05) is 30.3 Å². The quantitative estimate of drug-likeness (QED) is 0.305. The van der Waals surface area contributed by atoms with Gasteiger partial charge in [0.2, 0.25) is 5.89 Å². The van der Waals surface area contributed by atoms with Gasteiger partial charge in [0.25, 0.3) is 5.95 Å². The Morgan fingerprint density at radius 3 is 2.18 bits per heavy atom. The number of alkyl halides is 6. The van der Waals surface area contributed by atoms with Crippen LogP contribution in [0, 0.1) is 0 Å². The number of halogens is 7. The van der Waals surface area contributed by atoms with Crippen LogP contribution in [0.1, 0.15) is 47.0 Å². The summed E-state index contributed by atoms with van der Waals surface area (Å²) in [5.41, 5.74) is -2.02. The largest absolute Gasteiger partial charge is 0.416 e. The van der Waals surface area contributed by atoms with Crippen molar-refractivity contribution in [1.82, 2.24) is 15.0 Å². The monoisotopic (exact) mass is 564 g/mol. The number of hydrogen-bond acceptors (Lipinski definition) is 6. The lowest BCUT2D eigenvalue weighted by atomic mass is 9.92. The van der Waals surface area contributed by atoms with E-state index in [2.05, 4.69) is 15.0 Å². The molecule has 0 aliphatic carbocycles. The summed E-state index contributed by atoms with van der Waals surface area (Å²) in [4.78, 5) is 8.14. The van der Waals surface area contributed by atoms with Crippen LogP contribution < -0.4 is 4.90 Å². The predicted molar refractivity (Wildman–Crippen MR) is 130 cm³/mol. The number of likely N-dealkylation sites (tertiary alicyclic amines) is 1. The first-order valence-corrected chi connectivity index (χ1v) is 11.6. The zero-order chi connectivity index (χ0) is 26.8. The molecule has 1 fully saturated rings. The molecule has 0 bridgehead atoms. The van der Waals surface area contributed by atoms with Gasteiger partial charge in [-0.05, 0) is 53.9 Å². The third-order valence-electron chi connectivity index (χ3n) is 6.13. The molecule has 0 N–H and O–H groups in total. The average molecular weight is 565 g/mol. The van der Waals surface area contributed by atoms with Crippen LogP contribution in [0.3, 0.4) is 0 Å². The number of anilines is 1. The number of aromatic nitrogens is 2. The minimum absolute atomic E-state index is 0. The fourth-order valence-electron chi connectivity index (χ4n) is 4.43. The van der Waals surface area contributed by atoms with Gasteiger partial charge in [0.05, 0.1) is 36.4 Å². The van der Waals surface area contributed by atoms with Crippen molar-refractivity contribution in [2.75, 3.05) is 25.5 Å². The van der Waals surface area contributed by atoms with Gasteiger partial charge < -0.3 is 14.2 Å². The molecule has 0 saturated carbocycles. The third-order valence-corrected chi connectivity index (χ3v) is 6.13. The van der Waals surface area contributed by atoms with E-state index in [4.69, 9.17) is 9.26 Å². The SMILES string of the molecule is CN(C)c1noc(CN2CCC[C@@H](OCc3cc(C(F)(F)F)cc(C(F)(F)F)c3)[C@H]2c2ccccc2)n1.Cl. The van der Waals surface area contributed by atoms with E-state index in [0.717, 1.165) is 5.56 Å². The summed E-state index contributed by atoms with van der Waals surface area (Å²) in [5.74, 6) is 0.805. The maximum absolute atomic E-state index is 13.3. The molecule has 0 radical (unpaired) electrons. The standard InChI is InChI=1S/C25H26F6N4O2.ClH/c1-34(2)23-32-21(37-33-23)14-35-10-6-9-20(22(35)17-7-4-3-5-8-17)36-15-16-11-18(24(26,27)28)13-19(12-16)25(29,30)31;/h3-5,7-8,11-13,20,22H,6,9-10,14-15H2,1-2H3;1H/t20-,22-;/m1./s1. The summed E-state index contributed by atoms with van der Waals surface area (Å²) in [5, 5.41) is 3.93. The molecule has 13 heteroatoms. The third kappa shape index (κ3) is 7.17. The van der Waals surface area contributed by atoms with Gasteiger partial charge in [0.15, 0.2) is 0 Å². The van der Waals surface area contributed by atoms with Crippen LogP contribution in [-0.2, 0) is 30.2 Å². The Morgan fingerprint density at radius 1 is 1.00 bits per heavy atom. The Balaban J connectivity index is 0.00000400. The summed E-state index contributed by atoms with van der Waals surface area (Å²) in [6.07, 6.45) is -9.04. The molecular formula is C25H27ClF6N4O2. The molecule has 208 valence electrons. The number of rotatable bonds is 7. The highest BCUT2D eigenvalue weighted by Gasteiger charge is 2.38. The van der Waals surface area contributed by atoms with E-state index in [1.54, 1.807) is 19.0 Å². The first-order chi connectivity index (χ1) is 17.4. The van der Waals surface area contributed by atoms with Crippen molar-refractivity contribution < 1.29 is 35.6 Å². The smallest absolute Gasteiger partial charge is 0.372 e. The number of piperidine rings is 1. The molecule has 0 amide bonds. The molecule has 1 aliphatic heterocycles.